The molecule has 0 aliphatic carbocycles. The van der Waals surface area contributed by atoms with E-state index in [9.17, 15) is 4.79 Å². The van der Waals surface area contributed by atoms with Gasteiger partial charge in [0.1, 0.15) is 6.61 Å². The lowest BCUT2D eigenvalue weighted by Gasteiger charge is -2.41. The van der Waals surface area contributed by atoms with Gasteiger partial charge in [-0.25, -0.2) is 4.79 Å². The number of carbonyl (C=O) groups is 1. The summed E-state index contributed by atoms with van der Waals surface area (Å²) in [5.41, 5.74) is 2.23. The first-order valence-corrected chi connectivity index (χ1v) is 7.80. The van der Waals surface area contributed by atoms with Crippen LogP contribution in [0.25, 0.3) is 0 Å². The number of hydrogen-bond donors (Lipinski definition) is 1. The Balaban J connectivity index is 1.79. The quantitative estimate of drug-likeness (QED) is 0.930. The molecule has 3 rings (SSSR count). The topological polar surface area (TPSA) is 41.6 Å². The number of amides is 1. The Morgan fingerprint density at radius 2 is 1.95 bits per heavy atom. The molecule has 4 heteroatoms. The molecule has 1 unspecified atom stereocenters. The van der Waals surface area contributed by atoms with Crippen LogP contribution in [0.3, 0.4) is 0 Å². The van der Waals surface area contributed by atoms with Crippen molar-refractivity contribution in [2.75, 3.05) is 19.7 Å². The number of benzene rings is 1. The smallest absolute Gasteiger partial charge is 0.410 e. The second-order valence-electron chi connectivity index (χ2n) is 6.51. The Morgan fingerprint density at radius 3 is 2.62 bits per heavy atom. The van der Waals surface area contributed by atoms with Gasteiger partial charge in [-0.1, -0.05) is 29.8 Å². The van der Waals surface area contributed by atoms with Gasteiger partial charge in [-0.05, 0) is 51.3 Å². The van der Waals surface area contributed by atoms with Crippen LogP contribution in [-0.4, -0.2) is 36.2 Å². The van der Waals surface area contributed by atoms with Crippen LogP contribution in [0.1, 0.15) is 30.9 Å². The lowest BCUT2D eigenvalue weighted by Crippen LogP contribution is -2.52. The van der Waals surface area contributed by atoms with E-state index in [1.54, 1.807) is 0 Å². The lowest BCUT2D eigenvalue weighted by molar-refractivity contribution is 0.0889. The molecule has 0 spiro atoms. The maximum absolute atomic E-state index is 12.2. The Hall–Kier alpha value is -1.55. The highest BCUT2D eigenvalue weighted by atomic mass is 16.6. The van der Waals surface area contributed by atoms with Gasteiger partial charge in [0.05, 0.1) is 5.54 Å². The van der Waals surface area contributed by atoms with E-state index in [-0.39, 0.29) is 11.6 Å². The summed E-state index contributed by atoms with van der Waals surface area (Å²) in [5.74, 6) is 0.510. The molecule has 4 nitrogen and oxygen atoms in total. The largest absolute Gasteiger partial charge is 0.447 e. The van der Waals surface area contributed by atoms with Crippen molar-refractivity contribution in [3.8, 4) is 0 Å². The Labute approximate surface area is 126 Å². The predicted octanol–water partition coefficient (Wildman–Crippen LogP) is 2.71. The molecule has 2 saturated heterocycles. The highest BCUT2D eigenvalue weighted by molar-refractivity contribution is 5.71. The van der Waals surface area contributed by atoms with E-state index in [4.69, 9.17) is 4.74 Å². The second-order valence-corrected chi connectivity index (χ2v) is 6.51. The van der Waals surface area contributed by atoms with Crippen molar-refractivity contribution in [3.63, 3.8) is 0 Å². The Kier molecular flexibility index (Phi) is 3.89. The molecule has 114 valence electrons. The van der Waals surface area contributed by atoms with E-state index in [2.05, 4.69) is 43.4 Å². The summed E-state index contributed by atoms with van der Waals surface area (Å²) in [7, 11) is 0. The zero-order valence-electron chi connectivity index (χ0n) is 12.9. The van der Waals surface area contributed by atoms with Crippen molar-refractivity contribution in [1.29, 1.82) is 0 Å². The third-order valence-corrected chi connectivity index (χ3v) is 5.00. The fourth-order valence-corrected chi connectivity index (χ4v) is 3.48. The molecule has 0 radical (unpaired) electrons. The molecule has 1 atom stereocenters. The molecule has 2 fully saturated rings. The molecule has 0 aromatic heterocycles. The normalized spacial score (nSPS) is 27.0. The number of nitrogens with zero attached hydrogens (tertiary/aromatic N) is 1. The fourth-order valence-electron chi connectivity index (χ4n) is 3.48. The van der Waals surface area contributed by atoms with E-state index in [1.165, 1.54) is 11.1 Å². The van der Waals surface area contributed by atoms with Crippen molar-refractivity contribution in [2.45, 2.75) is 38.8 Å². The number of piperidine rings is 1. The van der Waals surface area contributed by atoms with Crippen LogP contribution in [-0.2, 0) is 11.3 Å². The molecular weight excluding hydrogens is 264 g/mol. The van der Waals surface area contributed by atoms with Crippen molar-refractivity contribution < 1.29 is 9.53 Å². The number of ether oxygens (including phenoxy) is 1. The number of carbonyl (C=O) groups excluding carboxylic acids is 1. The fraction of sp³-hybridized carbons (Fsp3) is 0.588. The van der Waals surface area contributed by atoms with Gasteiger partial charge < -0.3 is 10.1 Å². The van der Waals surface area contributed by atoms with Crippen LogP contribution in [0.2, 0.25) is 0 Å². The number of cyclic esters (lactones) is 1. The van der Waals surface area contributed by atoms with E-state index >= 15 is 0 Å². The van der Waals surface area contributed by atoms with Crippen molar-refractivity contribution in [2.24, 2.45) is 5.92 Å². The maximum Gasteiger partial charge on any atom is 0.410 e. The van der Waals surface area contributed by atoms with Gasteiger partial charge in [-0.3, -0.25) is 4.90 Å². The third-order valence-electron chi connectivity index (χ3n) is 5.00. The highest BCUT2D eigenvalue weighted by Crippen LogP contribution is 2.37. The van der Waals surface area contributed by atoms with Crippen LogP contribution < -0.4 is 5.32 Å². The zero-order valence-corrected chi connectivity index (χ0v) is 12.9. The summed E-state index contributed by atoms with van der Waals surface area (Å²) in [6, 6.07) is 8.39. The monoisotopic (exact) mass is 288 g/mol. The number of hydrogen-bond acceptors (Lipinski definition) is 3. The second kappa shape index (κ2) is 5.68. The van der Waals surface area contributed by atoms with Gasteiger partial charge in [0.2, 0.25) is 0 Å². The lowest BCUT2D eigenvalue weighted by atomic mass is 9.79. The van der Waals surface area contributed by atoms with Crippen LogP contribution >= 0.6 is 0 Å². The predicted molar refractivity (Wildman–Crippen MR) is 82.1 cm³/mol. The summed E-state index contributed by atoms with van der Waals surface area (Å²) in [6.07, 6.45) is 2.05. The van der Waals surface area contributed by atoms with Crippen LogP contribution in [0.15, 0.2) is 24.3 Å². The molecule has 0 bridgehead atoms. The standard InChI is InChI=1S/C17H24N2O2/c1-13-3-5-14(6-4-13)11-19-16(20)21-12-17(19,2)15-7-9-18-10-8-15/h3-6,15,18H,7-12H2,1-2H3. The van der Waals surface area contributed by atoms with Gasteiger partial charge in [-0.15, -0.1) is 0 Å². The van der Waals surface area contributed by atoms with Gasteiger partial charge in [-0.2, -0.15) is 0 Å². The Morgan fingerprint density at radius 1 is 1.29 bits per heavy atom. The molecule has 0 saturated carbocycles. The van der Waals surface area contributed by atoms with Gasteiger partial charge >= 0.3 is 6.09 Å². The van der Waals surface area contributed by atoms with E-state index in [1.807, 2.05) is 4.90 Å². The first-order chi connectivity index (χ1) is 10.1. The summed E-state index contributed by atoms with van der Waals surface area (Å²) in [4.78, 5) is 14.1. The van der Waals surface area contributed by atoms with Gasteiger partial charge in [0, 0.05) is 6.54 Å². The van der Waals surface area contributed by atoms with E-state index in [0.717, 1.165) is 25.9 Å². The molecule has 1 amide bonds. The van der Waals surface area contributed by atoms with Gasteiger partial charge in [0.25, 0.3) is 0 Å². The summed E-state index contributed by atoms with van der Waals surface area (Å²) in [5, 5.41) is 3.39. The molecular formula is C17H24N2O2. The van der Waals surface area contributed by atoms with E-state index in [0.29, 0.717) is 19.1 Å². The van der Waals surface area contributed by atoms with Crippen molar-refractivity contribution >= 4 is 6.09 Å². The minimum absolute atomic E-state index is 0.170. The third kappa shape index (κ3) is 2.77. The minimum atomic E-state index is -0.177. The number of nitrogens with one attached hydrogen (secondary N) is 1. The molecule has 2 aliphatic heterocycles. The highest BCUT2D eigenvalue weighted by Gasteiger charge is 2.48. The van der Waals surface area contributed by atoms with E-state index < -0.39 is 0 Å². The zero-order chi connectivity index (χ0) is 14.9. The molecule has 1 N–H and O–H groups in total. The van der Waals surface area contributed by atoms with Crippen LogP contribution in [0.4, 0.5) is 4.79 Å². The molecule has 21 heavy (non-hydrogen) atoms. The maximum atomic E-state index is 12.2. The summed E-state index contributed by atoms with van der Waals surface area (Å²) >= 11 is 0. The average molecular weight is 288 g/mol. The minimum Gasteiger partial charge on any atom is -0.447 e. The van der Waals surface area contributed by atoms with Crippen LogP contribution in [0.5, 0.6) is 0 Å². The van der Waals surface area contributed by atoms with Crippen molar-refractivity contribution in [3.05, 3.63) is 35.4 Å². The molecule has 1 aromatic rings. The molecule has 2 heterocycles. The Bertz CT molecular complexity index is 508. The molecule has 2 aliphatic rings. The number of rotatable bonds is 3. The van der Waals surface area contributed by atoms with Crippen LogP contribution in [0, 0.1) is 12.8 Å². The molecule has 1 aromatic carbocycles. The first-order valence-electron chi connectivity index (χ1n) is 7.80. The average Bonchev–Trinajstić information content (AvgIpc) is 2.80. The van der Waals surface area contributed by atoms with Gasteiger partial charge in [0.15, 0.2) is 0 Å². The summed E-state index contributed by atoms with van der Waals surface area (Å²) < 4.78 is 5.40. The van der Waals surface area contributed by atoms with Crippen molar-refractivity contribution in [1.82, 2.24) is 10.2 Å². The first kappa shape index (κ1) is 14.4. The summed E-state index contributed by atoms with van der Waals surface area (Å²) in [6.45, 7) is 7.48. The SMILES string of the molecule is Cc1ccc(CN2C(=O)OCC2(C)C2CCNCC2)cc1. The number of aryl methyl sites for hydroxylation is 1.